The van der Waals surface area contributed by atoms with Crippen molar-refractivity contribution < 1.29 is 14.3 Å². The molecule has 1 N–H and O–H groups in total. The number of fused-ring (bicyclic) bond motifs is 2. The van der Waals surface area contributed by atoms with Gasteiger partial charge in [0.05, 0.1) is 41.2 Å². The van der Waals surface area contributed by atoms with Gasteiger partial charge in [-0.15, -0.1) is 0 Å². The fourth-order valence-electron chi connectivity index (χ4n) is 3.62. The molecule has 6 nitrogen and oxygen atoms in total. The van der Waals surface area contributed by atoms with Gasteiger partial charge in [-0.2, -0.15) is 0 Å². The number of nitrogens with zero attached hydrogens (tertiary/aromatic N) is 2. The van der Waals surface area contributed by atoms with Crippen molar-refractivity contribution in [1.29, 1.82) is 0 Å². The smallest absolute Gasteiger partial charge is 0.258 e. The van der Waals surface area contributed by atoms with Crippen LogP contribution in [0.15, 0.2) is 71.2 Å². The molecule has 1 amide bonds. The molecule has 33 heavy (non-hydrogen) atoms. The lowest BCUT2D eigenvalue weighted by Gasteiger charge is -2.12. The molecular weight excluding hydrogens is 502 g/mol. The van der Waals surface area contributed by atoms with Crippen molar-refractivity contribution in [2.24, 2.45) is 0 Å². The minimum absolute atomic E-state index is 0.242. The Kier molecular flexibility index (Phi) is 5.70. The highest BCUT2D eigenvalue weighted by Gasteiger charge is 2.17. The molecule has 0 atom stereocenters. The Balaban J connectivity index is 1.57. The number of rotatable bonds is 5. The van der Waals surface area contributed by atoms with Gasteiger partial charge < -0.3 is 9.47 Å². The van der Waals surface area contributed by atoms with Gasteiger partial charge in [-0.05, 0) is 48.5 Å². The van der Waals surface area contributed by atoms with Gasteiger partial charge in [-0.3, -0.25) is 10.1 Å². The molecule has 0 bridgehead atoms. The van der Waals surface area contributed by atoms with Crippen LogP contribution in [-0.2, 0) is 0 Å². The first kappa shape index (κ1) is 21.4. The zero-order chi connectivity index (χ0) is 22.9. The number of pyridine rings is 1. The molecule has 0 aliphatic carbocycles. The number of benzene rings is 3. The summed E-state index contributed by atoms with van der Waals surface area (Å²) >= 11 is 4.90. The fraction of sp³-hybridized carbons (Fsp3) is 0.0800. The van der Waals surface area contributed by atoms with E-state index in [0.717, 1.165) is 31.2 Å². The molecule has 0 aliphatic rings. The molecule has 0 fully saturated rings. The second-order valence-electron chi connectivity index (χ2n) is 7.23. The van der Waals surface area contributed by atoms with Crippen molar-refractivity contribution in [3.05, 3.63) is 76.8 Å². The summed E-state index contributed by atoms with van der Waals surface area (Å²) in [6.45, 7) is 0. The lowest BCUT2D eigenvalue weighted by atomic mass is 10.0. The van der Waals surface area contributed by atoms with E-state index in [9.17, 15) is 4.79 Å². The molecule has 0 unspecified atom stereocenters. The van der Waals surface area contributed by atoms with Gasteiger partial charge in [0.2, 0.25) is 0 Å². The number of anilines is 1. The maximum atomic E-state index is 13.4. The van der Waals surface area contributed by atoms with Crippen LogP contribution >= 0.6 is 27.3 Å². The Morgan fingerprint density at radius 3 is 2.55 bits per heavy atom. The van der Waals surface area contributed by atoms with E-state index in [1.54, 1.807) is 20.3 Å². The van der Waals surface area contributed by atoms with E-state index >= 15 is 0 Å². The Morgan fingerprint density at radius 1 is 0.909 bits per heavy atom. The van der Waals surface area contributed by atoms with Gasteiger partial charge in [-0.25, -0.2) is 9.97 Å². The third-order valence-corrected chi connectivity index (χ3v) is 6.64. The molecule has 0 spiro atoms. The molecule has 0 saturated heterocycles. The van der Waals surface area contributed by atoms with Gasteiger partial charge in [0.15, 0.2) is 16.6 Å². The summed E-state index contributed by atoms with van der Waals surface area (Å²) in [6.07, 6.45) is 0. The van der Waals surface area contributed by atoms with Gasteiger partial charge in [0.1, 0.15) is 0 Å². The number of methoxy groups -OCH3 is 2. The van der Waals surface area contributed by atoms with Crippen LogP contribution in [-0.4, -0.2) is 30.1 Å². The topological polar surface area (TPSA) is 73.3 Å². The van der Waals surface area contributed by atoms with Crippen LogP contribution in [0.1, 0.15) is 10.4 Å². The SMILES string of the molecule is COc1ccc(-c2cc(C(=O)Nc3nc4ccc(Br)cc4s3)c3ccccc3n2)cc1OC. The molecule has 0 radical (unpaired) electrons. The maximum Gasteiger partial charge on any atom is 0.258 e. The number of amides is 1. The zero-order valence-corrected chi connectivity index (χ0v) is 20.2. The quantitative estimate of drug-likeness (QED) is 0.285. The van der Waals surface area contributed by atoms with E-state index in [0.29, 0.717) is 27.9 Å². The van der Waals surface area contributed by atoms with Gasteiger partial charge in [-0.1, -0.05) is 45.5 Å². The van der Waals surface area contributed by atoms with Crippen LogP contribution in [0.3, 0.4) is 0 Å². The highest BCUT2D eigenvalue weighted by molar-refractivity contribution is 9.10. The minimum atomic E-state index is -0.242. The second-order valence-corrected chi connectivity index (χ2v) is 9.17. The number of carbonyl (C=O) groups excluding carboxylic acids is 1. The summed E-state index contributed by atoms with van der Waals surface area (Å²) in [5, 5.41) is 4.27. The molecule has 8 heteroatoms. The number of hydrogen-bond acceptors (Lipinski definition) is 6. The fourth-order valence-corrected chi connectivity index (χ4v) is 5.04. The summed E-state index contributed by atoms with van der Waals surface area (Å²) in [5.74, 6) is 0.979. The number of nitrogens with one attached hydrogen (secondary N) is 1. The average Bonchev–Trinajstić information content (AvgIpc) is 3.23. The van der Waals surface area contributed by atoms with Crippen LogP contribution < -0.4 is 14.8 Å². The summed E-state index contributed by atoms with van der Waals surface area (Å²) in [5.41, 5.74) is 3.56. The minimum Gasteiger partial charge on any atom is -0.493 e. The Bertz CT molecular complexity index is 1520. The molecule has 0 aliphatic heterocycles. The molecule has 2 aromatic heterocycles. The summed E-state index contributed by atoms with van der Waals surface area (Å²) in [4.78, 5) is 22.7. The molecule has 5 rings (SSSR count). The largest absolute Gasteiger partial charge is 0.493 e. The van der Waals surface area contributed by atoms with E-state index in [1.807, 2.05) is 60.7 Å². The van der Waals surface area contributed by atoms with Crippen molar-refractivity contribution in [3.8, 4) is 22.8 Å². The number of halogens is 1. The molecule has 164 valence electrons. The van der Waals surface area contributed by atoms with Gasteiger partial charge in [0.25, 0.3) is 5.91 Å². The van der Waals surface area contributed by atoms with Crippen LogP contribution in [0.5, 0.6) is 11.5 Å². The van der Waals surface area contributed by atoms with Gasteiger partial charge >= 0.3 is 0 Å². The second kappa shape index (κ2) is 8.80. The molecule has 5 aromatic rings. The Hall–Kier alpha value is -3.49. The van der Waals surface area contributed by atoms with E-state index in [-0.39, 0.29) is 5.91 Å². The highest BCUT2D eigenvalue weighted by atomic mass is 79.9. The predicted octanol–water partition coefficient (Wildman–Crippen LogP) is 6.54. The number of para-hydroxylation sites is 1. The Morgan fingerprint density at radius 2 is 1.73 bits per heavy atom. The van der Waals surface area contributed by atoms with Crippen molar-refractivity contribution in [2.45, 2.75) is 0 Å². The number of thiazole rings is 1. The van der Waals surface area contributed by atoms with Crippen molar-refractivity contribution in [3.63, 3.8) is 0 Å². The van der Waals surface area contributed by atoms with Crippen LogP contribution in [0.2, 0.25) is 0 Å². The normalized spacial score (nSPS) is 11.0. The van der Waals surface area contributed by atoms with Crippen molar-refractivity contribution in [1.82, 2.24) is 9.97 Å². The molecule has 2 heterocycles. The summed E-state index contributed by atoms with van der Waals surface area (Å²) in [6, 6.07) is 20.8. The van der Waals surface area contributed by atoms with Gasteiger partial charge in [0, 0.05) is 15.4 Å². The third kappa shape index (κ3) is 4.15. The summed E-state index contributed by atoms with van der Waals surface area (Å²) in [7, 11) is 3.18. The number of ether oxygens (including phenoxy) is 2. The van der Waals surface area contributed by atoms with E-state index in [2.05, 4.69) is 26.2 Å². The first-order valence-electron chi connectivity index (χ1n) is 10.1. The molecule has 3 aromatic carbocycles. The van der Waals surface area contributed by atoms with E-state index in [1.165, 1.54) is 11.3 Å². The van der Waals surface area contributed by atoms with Crippen molar-refractivity contribution >= 4 is 59.4 Å². The van der Waals surface area contributed by atoms with Crippen LogP contribution in [0.25, 0.3) is 32.4 Å². The first-order chi connectivity index (χ1) is 16.1. The Labute approximate surface area is 202 Å². The number of aromatic nitrogens is 2. The maximum absolute atomic E-state index is 13.4. The van der Waals surface area contributed by atoms with Crippen LogP contribution in [0, 0.1) is 0 Å². The summed E-state index contributed by atoms with van der Waals surface area (Å²) < 4.78 is 12.7. The van der Waals surface area contributed by atoms with E-state index < -0.39 is 0 Å². The van der Waals surface area contributed by atoms with Crippen LogP contribution in [0.4, 0.5) is 5.13 Å². The van der Waals surface area contributed by atoms with Crippen molar-refractivity contribution in [2.75, 3.05) is 19.5 Å². The lowest BCUT2D eigenvalue weighted by Crippen LogP contribution is -2.13. The standard InChI is InChI=1S/C25H18BrN3O3S/c1-31-21-10-7-14(11-22(21)32-2)20-13-17(16-5-3-4-6-18(16)27-20)24(30)29-25-28-19-9-8-15(26)12-23(19)33-25/h3-13H,1-2H3,(H,28,29,30). The molecule has 0 saturated carbocycles. The zero-order valence-electron chi connectivity index (χ0n) is 17.8. The van der Waals surface area contributed by atoms with E-state index in [4.69, 9.17) is 14.5 Å². The number of carbonyl (C=O) groups is 1. The number of hydrogen-bond donors (Lipinski definition) is 1. The molecular formula is C25H18BrN3O3S. The predicted molar refractivity (Wildman–Crippen MR) is 136 cm³/mol. The highest BCUT2D eigenvalue weighted by Crippen LogP contribution is 2.34. The first-order valence-corrected chi connectivity index (χ1v) is 11.7. The lowest BCUT2D eigenvalue weighted by molar-refractivity contribution is 0.102. The average molecular weight is 520 g/mol. The monoisotopic (exact) mass is 519 g/mol. The third-order valence-electron chi connectivity index (χ3n) is 5.21.